The van der Waals surface area contributed by atoms with E-state index >= 15 is 0 Å². The van der Waals surface area contributed by atoms with Gasteiger partial charge in [0.2, 0.25) is 0 Å². The van der Waals surface area contributed by atoms with Gasteiger partial charge in [-0.05, 0) is 19.4 Å². The molecule has 0 heterocycles. The van der Waals surface area contributed by atoms with Gasteiger partial charge in [-0.25, -0.2) is 0 Å². The molecule has 1 aromatic carbocycles. The van der Waals surface area contributed by atoms with E-state index in [-0.39, 0.29) is 0 Å². The molecule has 0 atom stereocenters. The van der Waals surface area contributed by atoms with E-state index < -0.39 is 17.4 Å². The average Bonchev–Trinajstić information content (AvgIpc) is 2.18. The third-order valence-corrected chi connectivity index (χ3v) is 2.24. The topological polar surface area (TPSA) is 43.4 Å². The van der Waals surface area contributed by atoms with Crippen LogP contribution in [0, 0.1) is 0 Å². The minimum absolute atomic E-state index is 0.527. The Hall–Kier alpha value is -1.64. The van der Waals surface area contributed by atoms with Crippen LogP contribution in [0.15, 0.2) is 30.3 Å². The van der Waals surface area contributed by atoms with E-state index in [1.165, 1.54) is 6.92 Å². The van der Waals surface area contributed by atoms with Crippen LogP contribution in [0.4, 0.5) is 0 Å². The van der Waals surface area contributed by atoms with Crippen LogP contribution in [0.25, 0.3) is 0 Å². The van der Waals surface area contributed by atoms with Crippen molar-refractivity contribution in [3.63, 3.8) is 0 Å². The Morgan fingerprint density at radius 1 is 1.13 bits per heavy atom. The first-order valence-corrected chi connectivity index (χ1v) is 4.73. The number of rotatable bonds is 2. The van der Waals surface area contributed by atoms with E-state index in [1.54, 1.807) is 13.8 Å². The Kier molecular flexibility index (Phi) is 3.24. The summed E-state index contributed by atoms with van der Waals surface area (Å²) in [5.74, 6) is -1.11. The lowest BCUT2D eigenvalue weighted by Crippen LogP contribution is -2.32. The van der Waals surface area contributed by atoms with Gasteiger partial charge in [-0.15, -0.1) is 0 Å². The summed E-state index contributed by atoms with van der Waals surface area (Å²) in [4.78, 5) is 22.3. The first-order chi connectivity index (χ1) is 6.94. The standard InChI is InChI=1S/C12H14O3/c1-9(13)15-11(14)12(2,3)10-7-5-4-6-8-10/h4-8H,1-3H3. The molecule has 0 fully saturated rings. The highest BCUT2D eigenvalue weighted by atomic mass is 16.6. The van der Waals surface area contributed by atoms with E-state index in [2.05, 4.69) is 4.74 Å². The summed E-state index contributed by atoms with van der Waals surface area (Å²) < 4.78 is 4.59. The normalized spacial score (nSPS) is 10.9. The molecular formula is C12H14O3. The monoisotopic (exact) mass is 206 g/mol. The molecule has 1 rings (SSSR count). The Morgan fingerprint density at radius 2 is 1.67 bits per heavy atom. The maximum Gasteiger partial charge on any atom is 0.323 e. The maximum atomic E-state index is 11.6. The molecule has 1 aromatic rings. The molecule has 0 aliphatic carbocycles. The number of carbonyl (C=O) groups excluding carboxylic acids is 2. The van der Waals surface area contributed by atoms with Gasteiger partial charge in [0.05, 0.1) is 5.41 Å². The summed E-state index contributed by atoms with van der Waals surface area (Å²) in [5, 5.41) is 0. The van der Waals surface area contributed by atoms with Crippen LogP contribution in [0.3, 0.4) is 0 Å². The smallest absolute Gasteiger partial charge is 0.323 e. The van der Waals surface area contributed by atoms with Crippen molar-refractivity contribution in [2.75, 3.05) is 0 Å². The van der Waals surface area contributed by atoms with Crippen molar-refractivity contribution in [2.45, 2.75) is 26.2 Å². The summed E-state index contributed by atoms with van der Waals surface area (Å²) in [6.45, 7) is 4.68. The highest BCUT2D eigenvalue weighted by Crippen LogP contribution is 2.24. The first kappa shape index (κ1) is 11.4. The number of hydrogen-bond acceptors (Lipinski definition) is 3. The fourth-order valence-corrected chi connectivity index (χ4v) is 1.23. The van der Waals surface area contributed by atoms with E-state index in [0.29, 0.717) is 0 Å². The highest BCUT2D eigenvalue weighted by molar-refractivity contribution is 5.90. The van der Waals surface area contributed by atoms with Gasteiger partial charge >= 0.3 is 11.9 Å². The number of ether oxygens (including phenoxy) is 1. The molecular weight excluding hydrogens is 192 g/mol. The van der Waals surface area contributed by atoms with Crippen molar-refractivity contribution in [1.82, 2.24) is 0 Å². The van der Waals surface area contributed by atoms with Gasteiger partial charge in [0.1, 0.15) is 0 Å². The van der Waals surface area contributed by atoms with Crippen molar-refractivity contribution < 1.29 is 14.3 Å². The van der Waals surface area contributed by atoms with Crippen molar-refractivity contribution >= 4 is 11.9 Å². The quantitative estimate of drug-likeness (QED) is 0.549. The van der Waals surface area contributed by atoms with Crippen LogP contribution in [0.1, 0.15) is 26.3 Å². The van der Waals surface area contributed by atoms with Crippen LogP contribution >= 0.6 is 0 Å². The predicted molar refractivity (Wildman–Crippen MR) is 56.2 cm³/mol. The second-order valence-corrected chi connectivity index (χ2v) is 3.87. The zero-order valence-electron chi connectivity index (χ0n) is 9.11. The Labute approximate surface area is 89.1 Å². The van der Waals surface area contributed by atoms with Gasteiger partial charge in [0, 0.05) is 6.92 Å². The summed E-state index contributed by atoms with van der Waals surface area (Å²) in [6.07, 6.45) is 0. The van der Waals surface area contributed by atoms with Gasteiger partial charge in [-0.2, -0.15) is 0 Å². The van der Waals surface area contributed by atoms with Crippen LogP contribution < -0.4 is 0 Å². The molecule has 3 nitrogen and oxygen atoms in total. The zero-order chi connectivity index (χ0) is 11.5. The molecule has 0 unspecified atom stereocenters. The van der Waals surface area contributed by atoms with E-state index in [1.807, 2.05) is 30.3 Å². The fourth-order valence-electron chi connectivity index (χ4n) is 1.23. The highest BCUT2D eigenvalue weighted by Gasteiger charge is 2.32. The van der Waals surface area contributed by atoms with Crippen molar-refractivity contribution in [2.24, 2.45) is 0 Å². The summed E-state index contributed by atoms with van der Waals surface area (Å²) >= 11 is 0. The summed E-state index contributed by atoms with van der Waals surface area (Å²) in [7, 11) is 0. The van der Waals surface area contributed by atoms with Crippen molar-refractivity contribution in [3.8, 4) is 0 Å². The Morgan fingerprint density at radius 3 is 2.13 bits per heavy atom. The molecule has 0 saturated carbocycles. The van der Waals surface area contributed by atoms with E-state index in [4.69, 9.17) is 0 Å². The zero-order valence-corrected chi connectivity index (χ0v) is 9.11. The first-order valence-electron chi connectivity index (χ1n) is 4.73. The number of hydrogen-bond donors (Lipinski definition) is 0. The maximum absolute atomic E-state index is 11.6. The Balaban J connectivity index is 2.92. The molecule has 0 saturated heterocycles. The molecule has 0 radical (unpaired) electrons. The van der Waals surface area contributed by atoms with E-state index in [0.717, 1.165) is 5.56 Å². The third-order valence-electron chi connectivity index (χ3n) is 2.24. The number of benzene rings is 1. The average molecular weight is 206 g/mol. The predicted octanol–water partition coefficient (Wildman–Crippen LogP) is 2.05. The molecule has 0 aliphatic heterocycles. The second-order valence-electron chi connectivity index (χ2n) is 3.87. The number of carbonyl (C=O) groups is 2. The molecule has 0 aliphatic rings. The molecule has 0 amide bonds. The lowest BCUT2D eigenvalue weighted by molar-refractivity contribution is -0.161. The van der Waals surface area contributed by atoms with Crippen LogP contribution in [-0.4, -0.2) is 11.9 Å². The Bertz CT molecular complexity index is 366. The minimum atomic E-state index is -0.799. The summed E-state index contributed by atoms with van der Waals surface area (Å²) in [5.41, 5.74) is 0.0312. The van der Waals surface area contributed by atoms with Gasteiger partial charge in [0.25, 0.3) is 0 Å². The van der Waals surface area contributed by atoms with E-state index in [9.17, 15) is 9.59 Å². The molecule has 0 aromatic heterocycles. The van der Waals surface area contributed by atoms with Gasteiger partial charge in [0.15, 0.2) is 0 Å². The summed E-state index contributed by atoms with van der Waals surface area (Å²) in [6, 6.07) is 9.23. The number of esters is 2. The lowest BCUT2D eigenvalue weighted by Gasteiger charge is -2.21. The fraction of sp³-hybridized carbons (Fsp3) is 0.333. The van der Waals surface area contributed by atoms with Gasteiger partial charge < -0.3 is 4.74 Å². The largest absolute Gasteiger partial charge is 0.393 e. The van der Waals surface area contributed by atoms with Gasteiger partial charge in [-0.1, -0.05) is 30.3 Å². The van der Waals surface area contributed by atoms with Gasteiger partial charge in [-0.3, -0.25) is 9.59 Å². The van der Waals surface area contributed by atoms with Crippen LogP contribution in [0.5, 0.6) is 0 Å². The second kappa shape index (κ2) is 4.26. The van der Waals surface area contributed by atoms with Crippen LogP contribution in [-0.2, 0) is 19.7 Å². The van der Waals surface area contributed by atoms with Crippen LogP contribution in [0.2, 0.25) is 0 Å². The lowest BCUT2D eigenvalue weighted by atomic mass is 9.85. The third kappa shape index (κ3) is 2.65. The molecule has 0 spiro atoms. The molecule has 15 heavy (non-hydrogen) atoms. The van der Waals surface area contributed by atoms with Crippen molar-refractivity contribution in [1.29, 1.82) is 0 Å². The molecule has 0 N–H and O–H groups in total. The minimum Gasteiger partial charge on any atom is -0.393 e. The molecule has 3 heteroatoms. The van der Waals surface area contributed by atoms with Crippen molar-refractivity contribution in [3.05, 3.63) is 35.9 Å². The molecule has 80 valence electrons. The SMILES string of the molecule is CC(=O)OC(=O)C(C)(C)c1ccccc1. The molecule has 0 bridgehead atoms.